The van der Waals surface area contributed by atoms with Crippen LogP contribution in [-0.4, -0.2) is 30.1 Å². The van der Waals surface area contributed by atoms with Crippen molar-refractivity contribution < 1.29 is 19.4 Å². The third-order valence-corrected chi connectivity index (χ3v) is 5.55. The second kappa shape index (κ2) is 9.58. The second-order valence-electron chi connectivity index (χ2n) is 7.49. The van der Waals surface area contributed by atoms with Gasteiger partial charge in [-0.1, -0.05) is 50.1 Å². The molecule has 1 aliphatic rings. The summed E-state index contributed by atoms with van der Waals surface area (Å²) < 4.78 is 5.93. The fraction of sp³-hybridized carbons (Fsp3) is 0.478. The first kappa shape index (κ1) is 20.2. The Hall–Kier alpha value is -2.56. The van der Waals surface area contributed by atoms with Crippen molar-refractivity contribution in [1.29, 1.82) is 0 Å². The van der Waals surface area contributed by atoms with Gasteiger partial charge in [-0.3, -0.25) is 9.59 Å². The molecule has 5 heteroatoms. The Labute approximate surface area is 166 Å². The maximum atomic E-state index is 12.6. The third-order valence-electron chi connectivity index (χ3n) is 5.55. The smallest absolute Gasteiger partial charge is 0.307 e. The van der Waals surface area contributed by atoms with Crippen LogP contribution in [0.4, 0.5) is 0 Å². The van der Waals surface area contributed by atoms with Gasteiger partial charge in [-0.2, -0.15) is 0 Å². The van der Waals surface area contributed by atoms with Crippen LogP contribution in [0.2, 0.25) is 0 Å². The Morgan fingerprint density at radius 3 is 2.61 bits per heavy atom. The van der Waals surface area contributed by atoms with E-state index >= 15 is 0 Å². The standard InChI is InChI=1S/C23H29NO4/c1-2-15-28-21-12-11-16-7-3-4-8-17(16)18(21)13-14-24-22(25)19-9-5-6-10-20(19)23(26)27/h3-4,7-8,11-12,19-20H,2,5-6,9-10,13-15H2,1H3,(H,24,25)(H,26,27). The van der Waals surface area contributed by atoms with E-state index in [4.69, 9.17) is 4.74 Å². The summed E-state index contributed by atoms with van der Waals surface area (Å²) in [4.78, 5) is 24.1. The van der Waals surface area contributed by atoms with Crippen LogP contribution in [0.3, 0.4) is 0 Å². The van der Waals surface area contributed by atoms with E-state index in [9.17, 15) is 14.7 Å². The van der Waals surface area contributed by atoms with Gasteiger partial charge >= 0.3 is 5.97 Å². The zero-order valence-electron chi connectivity index (χ0n) is 16.4. The monoisotopic (exact) mass is 383 g/mol. The lowest BCUT2D eigenvalue weighted by Crippen LogP contribution is -2.40. The molecular weight excluding hydrogens is 354 g/mol. The van der Waals surface area contributed by atoms with Crippen LogP contribution in [-0.2, 0) is 16.0 Å². The third kappa shape index (κ3) is 4.64. The summed E-state index contributed by atoms with van der Waals surface area (Å²) in [6, 6.07) is 12.2. The van der Waals surface area contributed by atoms with Crippen molar-refractivity contribution in [2.45, 2.75) is 45.4 Å². The molecule has 2 aromatic carbocycles. The van der Waals surface area contributed by atoms with E-state index in [0.717, 1.165) is 41.3 Å². The summed E-state index contributed by atoms with van der Waals surface area (Å²) in [6.45, 7) is 3.20. The van der Waals surface area contributed by atoms with Crippen molar-refractivity contribution in [3.63, 3.8) is 0 Å². The van der Waals surface area contributed by atoms with Crippen LogP contribution in [0, 0.1) is 11.8 Å². The molecule has 3 rings (SSSR count). The topological polar surface area (TPSA) is 75.6 Å². The molecule has 2 atom stereocenters. The van der Waals surface area contributed by atoms with E-state index in [1.165, 1.54) is 0 Å². The van der Waals surface area contributed by atoms with Crippen molar-refractivity contribution in [3.8, 4) is 5.75 Å². The number of hydrogen-bond donors (Lipinski definition) is 2. The Morgan fingerprint density at radius 2 is 1.86 bits per heavy atom. The number of aliphatic carboxylic acids is 1. The van der Waals surface area contributed by atoms with E-state index < -0.39 is 17.8 Å². The fourth-order valence-electron chi connectivity index (χ4n) is 4.10. The van der Waals surface area contributed by atoms with Crippen molar-refractivity contribution >= 4 is 22.6 Å². The molecular formula is C23H29NO4. The van der Waals surface area contributed by atoms with E-state index in [2.05, 4.69) is 30.4 Å². The number of nitrogens with one attached hydrogen (secondary N) is 1. The molecule has 150 valence electrons. The maximum absolute atomic E-state index is 12.6. The highest BCUT2D eigenvalue weighted by Crippen LogP contribution is 2.31. The normalized spacial score (nSPS) is 19.3. The van der Waals surface area contributed by atoms with Crippen molar-refractivity contribution in [3.05, 3.63) is 42.0 Å². The Balaban J connectivity index is 1.70. The molecule has 28 heavy (non-hydrogen) atoms. The summed E-state index contributed by atoms with van der Waals surface area (Å²) in [5, 5.41) is 14.7. The SMILES string of the molecule is CCCOc1ccc2ccccc2c1CCNC(=O)C1CCCCC1C(=O)O. The molecule has 0 aliphatic heterocycles. The first-order valence-corrected chi connectivity index (χ1v) is 10.3. The minimum atomic E-state index is -0.857. The van der Waals surface area contributed by atoms with Crippen molar-refractivity contribution in [2.24, 2.45) is 11.8 Å². The number of rotatable bonds is 8. The van der Waals surface area contributed by atoms with E-state index in [1.807, 2.05) is 18.2 Å². The quantitative estimate of drug-likeness (QED) is 0.717. The highest BCUT2D eigenvalue weighted by molar-refractivity contribution is 5.88. The number of carbonyl (C=O) groups excluding carboxylic acids is 1. The number of carboxylic acids is 1. The van der Waals surface area contributed by atoms with Gasteiger partial charge < -0.3 is 15.2 Å². The molecule has 2 aromatic rings. The van der Waals surface area contributed by atoms with E-state index in [-0.39, 0.29) is 5.91 Å². The van der Waals surface area contributed by atoms with Gasteiger partial charge in [0.15, 0.2) is 0 Å². The summed E-state index contributed by atoms with van der Waals surface area (Å²) in [6.07, 6.45) is 4.63. The summed E-state index contributed by atoms with van der Waals surface area (Å²) in [7, 11) is 0. The van der Waals surface area contributed by atoms with Gasteiger partial charge in [-0.15, -0.1) is 0 Å². The number of amides is 1. The van der Waals surface area contributed by atoms with Gasteiger partial charge in [0, 0.05) is 12.1 Å². The number of benzene rings is 2. The average molecular weight is 383 g/mol. The van der Waals surface area contributed by atoms with Crippen LogP contribution in [0.15, 0.2) is 36.4 Å². The zero-order valence-corrected chi connectivity index (χ0v) is 16.4. The lowest BCUT2D eigenvalue weighted by atomic mass is 9.78. The van der Waals surface area contributed by atoms with Crippen LogP contribution < -0.4 is 10.1 Å². The minimum absolute atomic E-state index is 0.136. The number of carboxylic acid groups (broad SMARTS) is 1. The minimum Gasteiger partial charge on any atom is -0.493 e. The van der Waals surface area contributed by atoms with Gasteiger partial charge in [-0.05, 0) is 42.5 Å². The predicted molar refractivity (Wildman–Crippen MR) is 110 cm³/mol. The number of fused-ring (bicyclic) bond motifs is 1. The van der Waals surface area contributed by atoms with Gasteiger partial charge in [-0.25, -0.2) is 0 Å². The lowest BCUT2D eigenvalue weighted by molar-refractivity contribution is -0.148. The largest absolute Gasteiger partial charge is 0.493 e. The number of hydrogen-bond acceptors (Lipinski definition) is 3. The molecule has 0 aromatic heterocycles. The van der Waals surface area contributed by atoms with E-state index in [1.54, 1.807) is 0 Å². The molecule has 0 bridgehead atoms. The van der Waals surface area contributed by atoms with Crippen molar-refractivity contribution in [2.75, 3.05) is 13.2 Å². The van der Waals surface area contributed by atoms with Crippen LogP contribution in [0.5, 0.6) is 5.75 Å². The molecule has 0 spiro atoms. The average Bonchev–Trinajstić information content (AvgIpc) is 2.72. The first-order chi connectivity index (χ1) is 13.6. The molecule has 1 aliphatic carbocycles. The van der Waals surface area contributed by atoms with Crippen LogP contribution in [0.1, 0.15) is 44.6 Å². The van der Waals surface area contributed by atoms with Gasteiger partial charge in [0.25, 0.3) is 0 Å². The fourth-order valence-corrected chi connectivity index (χ4v) is 4.10. The number of ether oxygens (including phenoxy) is 1. The summed E-state index contributed by atoms with van der Waals surface area (Å²) >= 11 is 0. The highest BCUT2D eigenvalue weighted by Gasteiger charge is 2.35. The van der Waals surface area contributed by atoms with Crippen LogP contribution >= 0.6 is 0 Å². The molecule has 2 N–H and O–H groups in total. The number of carbonyl (C=O) groups is 2. The second-order valence-corrected chi connectivity index (χ2v) is 7.49. The molecule has 0 heterocycles. The van der Waals surface area contributed by atoms with E-state index in [0.29, 0.717) is 32.4 Å². The molecule has 2 unspecified atom stereocenters. The summed E-state index contributed by atoms with van der Waals surface area (Å²) in [5.41, 5.74) is 1.09. The molecule has 1 saturated carbocycles. The highest BCUT2D eigenvalue weighted by atomic mass is 16.5. The van der Waals surface area contributed by atoms with Crippen LogP contribution in [0.25, 0.3) is 10.8 Å². The molecule has 0 saturated heterocycles. The van der Waals surface area contributed by atoms with Crippen molar-refractivity contribution in [1.82, 2.24) is 5.32 Å². The summed E-state index contributed by atoms with van der Waals surface area (Å²) in [5.74, 6) is -1.12. The first-order valence-electron chi connectivity index (χ1n) is 10.3. The predicted octanol–water partition coefficient (Wildman–Crippen LogP) is 4.18. The Kier molecular flexibility index (Phi) is 6.90. The maximum Gasteiger partial charge on any atom is 0.307 e. The molecule has 1 fully saturated rings. The van der Waals surface area contributed by atoms with Gasteiger partial charge in [0.1, 0.15) is 5.75 Å². The molecule has 0 radical (unpaired) electrons. The molecule has 5 nitrogen and oxygen atoms in total. The molecule has 1 amide bonds. The Bertz CT molecular complexity index is 832. The zero-order chi connectivity index (χ0) is 19.9. The van der Waals surface area contributed by atoms with Gasteiger partial charge in [0.2, 0.25) is 5.91 Å². The Morgan fingerprint density at radius 1 is 1.11 bits per heavy atom. The lowest BCUT2D eigenvalue weighted by Gasteiger charge is -2.27. The van der Waals surface area contributed by atoms with Gasteiger partial charge in [0.05, 0.1) is 18.4 Å².